The normalized spacial score (nSPS) is 12.2. The number of aromatic nitrogens is 2. The SMILES string of the molecule is CCc1nnsc1C(N)c1ccc(OC)c(Br)c1OC. The standard InChI is InChI=1S/C13H16BrN3O2S/c1-4-8-13(20-17-16-8)11(15)7-5-6-9(18-2)10(14)12(7)19-3/h5-6,11H,4,15H2,1-3H3. The second kappa shape index (κ2) is 6.51. The van der Waals surface area contributed by atoms with Crippen molar-refractivity contribution in [2.24, 2.45) is 5.73 Å². The molecular weight excluding hydrogens is 342 g/mol. The van der Waals surface area contributed by atoms with Gasteiger partial charge in [0, 0.05) is 5.56 Å². The Morgan fingerprint density at radius 1 is 1.35 bits per heavy atom. The van der Waals surface area contributed by atoms with Crippen LogP contribution >= 0.6 is 27.5 Å². The van der Waals surface area contributed by atoms with E-state index in [-0.39, 0.29) is 6.04 Å². The highest BCUT2D eigenvalue weighted by Crippen LogP contribution is 2.41. The predicted octanol–water partition coefficient (Wildman–Crippen LogP) is 2.93. The molecular formula is C13H16BrN3O2S. The first-order chi connectivity index (χ1) is 9.63. The van der Waals surface area contributed by atoms with Gasteiger partial charge in [-0.3, -0.25) is 0 Å². The van der Waals surface area contributed by atoms with Crippen LogP contribution in [0.25, 0.3) is 0 Å². The lowest BCUT2D eigenvalue weighted by Gasteiger charge is -2.17. The van der Waals surface area contributed by atoms with Gasteiger partial charge in [0.2, 0.25) is 0 Å². The van der Waals surface area contributed by atoms with E-state index in [1.807, 2.05) is 19.1 Å². The Hall–Kier alpha value is -1.18. The van der Waals surface area contributed by atoms with Crippen LogP contribution in [0.1, 0.15) is 29.1 Å². The monoisotopic (exact) mass is 357 g/mol. The second-order valence-electron chi connectivity index (χ2n) is 4.12. The molecule has 0 aliphatic carbocycles. The maximum absolute atomic E-state index is 6.36. The van der Waals surface area contributed by atoms with Gasteiger partial charge in [-0.05, 0) is 46.0 Å². The van der Waals surface area contributed by atoms with Crippen LogP contribution < -0.4 is 15.2 Å². The Bertz CT molecular complexity index is 603. The molecule has 2 N–H and O–H groups in total. The molecule has 0 aliphatic rings. The van der Waals surface area contributed by atoms with Crippen LogP contribution in [0, 0.1) is 0 Å². The number of ether oxygens (including phenoxy) is 2. The molecule has 0 saturated heterocycles. The van der Waals surface area contributed by atoms with E-state index in [0.29, 0.717) is 11.5 Å². The summed E-state index contributed by atoms with van der Waals surface area (Å²) >= 11 is 4.81. The van der Waals surface area contributed by atoms with E-state index < -0.39 is 0 Å². The molecule has 1 atom stereocenters. The van der Waals surface area contributed by atoms with Gasteiger partial charge in [0.1, 0.15) is 16.0 Å². The van der Waals surface area contributed by atoms with Crippen LogP contribution in [-0.2, 0) is 6.42 Å². The number of nitrogens with two attached hydrogens (primary N) is 1. The zero-order valence-corrected chi connectivity index (χ0v) is 13.9. The summed E-state index contributed by atoms with van der Waals surface area (Å²) in [5.41, 5.74) is 8.17. The Morgan fingerprint density at radius 2 is 2.10 bits per heavy atom. The molecule has 0 fully saturated rings. The van der Waals surface area contributed by atoms with E-state index in [2.05, 4.69) is 25.5 Å². The van der Waals surface area contributed by atoms with Gasteiger partial charge in [-0.25, -0.2) is 0 Å². The summed E-state index contributed by atoms with van der Waals surface area (Å²) in [5, 5.41) is 4.10. The number of nitrogens with zero attached hydrogens (tertiary/aromatic N) is 2. The highest BCUT2D eigenvalue weighted by molar-refractivity contribution is 9.10. The molecule has 0 saturated carbocycles. The Morgan fingerprint density at radius 3 is 2.70 bits per heavy atom. The van der Waals surface area contributed by atoms with Gasteiger partial charge in [0.25, 0.3) is 0 Å². The first-order valence-corrected chi connectivity index (χ1v) is 7.67. The van der Waals surface area contributed by atoms with Crippen molar-refractivity contribution in [1.82, 2.24) is 9.59 Å². The summed E-state index contributed by atoms with van der Waals surface area (Å²) in [4.78, 5) is 0.961. The van der Waals surface area contributed by atoms with Gasteiger partial charge >= 0.3 is 0 Å². The molecule has 0 bridgehead atoms. The summed E-state index contributed by atoms with van der Waals surface area (Å²) < 4.78 is 15.5. The van der Waals surface area contributed by atoms with Crippen LogP contribution in [-0.4, -0.2) is 23.8 Å². The van der Waals surface area contributed by atoms with Crippen molar-refractivity contribution in [3.63, 3.8) is 0 Å². The number of rotatable bonds is 5. The van der Waals surface area contributed by atoms with E-state index in [1.54, 1.807) is 14.2 Å². The number of halogens is 1. The fraction of sp³-hybridized carbons (Fsp3) is 0.385. The minimum absolute atomic E-state index is 0.317. The Labute approximate surface area is 130 Å². The van der Waals surface area contributed by atoms with E-state index in [1.165, 1.54) is 11.5 Å². The van der Waals surface area contributed by atoms with Gasteiger partial charge < -0.3 is 15.2 Å². The number of benzene rings is 1. The minimum atomic E-state index is -0.317. The molecule has 108 valence electrons. The smallest absolute Gasteiger partial charge is 0.141 e. The molecule has 2 rings (SSSR count). The molecule has 1 aromatic heterocycles. The molecule has 1 aromatic carbocycles. The number of methoxy groups -OCH3 is 2. The zero-order chi connectivity index (χ0) is 14.7. The zero-order valence-electron chi connectivity index (χ0n) is 11.5. The third kappa shape index (κ3) is 2.65. The van der Waals surface area contributed by atoms with Gasteiger partial charge in [-0.1, -0.05) is 11.4 Å². The molecule has 0 spiro atoms. The number of hydrogen-bond acceptors (Lipinski definition) is 6. The summed E-state index contributed by atoms with van der Waals surface area (Å²) in [6.45, 7) is 2.04. The van der Waals surface area contributed by atoms with Crippen molar-refractivity contribution >= 4 is 27.5 Å². The summed E-state index contributed by atoms with van der Waals surface area (Å²) in [6, 6.07) is 3.45. The van der Waals surface area contributed by atoms with Gasteiger partial charge in [0.15, 0.2) is 0 Å². The third-order valence-electron chi connectivity index (χ3n) is 3.05. The highest BCUT2D eigenvalue weighted by Gasteiger charge is 2.22. The predicted molar refractivity (Wildman–Crippen MR) is 82.6 cm³/mol. The quantitative estimate of drug-likeness (QED) is 0.890. The van der Waals surface area contributed by atoms with Crippen LogP contribution in [0.4, 0.5) is 0 Å². The van der Waals surface area contributed by atoms with Crippen LogP contribution in [0.5, 0.6) is 11.5 Å². The number of aryl methyl sites for hydroxylation is 1. The average molecular weight is 358 g/mol. The van der Waals surface area contributed by atoms with Crippen molar-refractivity contribution in [2.75, 3.05) is 14.2 Å². The number of hydrogen-bond donors (Lipinski definition) is 1. The van der Waals surface area contributed by atoms with E-state index >= 15 is 0 Å². The fourth-order valence-electron chi connectivity index (χ4n) is 2.00. The highest BCUT2D eigenvalue weighted by atomic mass is 79.9. The maximum atomic E-state index is 6.36. The largest absolute Gasteiger partial charge is 0.495 e. The third-order valence-corrected chi connectivity index (χ3v) is 4.65. The maximum Gasteiger partial charge on any atom is 0.141 e. The van der Waals surface area contributed by atoms with Crippen molar-refractivity contribution in [2.45, 2.75) is 19.4 Å². The van der Waals surface area contributed by atoms with Crippen LogP contribution in [0.15, 0.2) is 16.6 Å². The van der Waals surface area contributed by atoms with E-state index in [4.69, 9.17) is 15.2 Å². The van der Waals surface area contributed by atoms with Gasteiger partial charge in [-0.2, -0.15) is 0 Å². The van der Waals surface area contributed by atoms with Crippen LogP contribution in [0.2, 0.25) is 0 Å². The average Bonchev–Trinajstić information content (AvgIpc) is 2.94. The summed E-state index contributed by atoms with van der Waals surface area (Å²) in [5.74, 6) is 1.38. The first-order valence-electron chi connectivity index (χ1n) is 6.11. The van der Waals surface area contributed by atoms with Gasteiger partial charge in [0.05, 0.1) is 30.8 Å². The topological polar surface area (TPSA) is 70.3 Å². The Kier molecular flexibility index (Phi) is 4.95. The molecule has 20 heavy (non-hydrogen) atoms. The fourth-order valence-corrected chi connectivity index (χ4v) is 3.44. The molecule has 5 nitrogen and oxygen atoms in total. The van der Waals surface area contributed by atoms with Crippen molar-refractivity contribution in [1.29, 1.82) is 0 Å². The van der Waals surface area contributed by atoms with Crippen molar-refractivity contribution < 1.29 is 9.47 Å². The lowest BCUT2D eigenvalue weighted by molar-refractivity contribution is 0.385. The lowest BCUT2D eigenvalue weighted by atomic mass is 10.0. The molecule has 7 heteroatoms. The van der Waals surface area contributed by atoms with Crippen molar-refractivity contribution in [3.8, 4) is 11.5 Å². The van der Waals surface area contributed by atoms with Gasteiger partial charge in [-0.15, -0.1) is 5.10 Å². The molecule has 1 unspecified atom stereocenters. The minimum Gasteiger partial charge on any atom is -0.495 e. The Balaban J connectivity index is 2.49. The molecule has 0 amide bonds. The first kappa shape index (κ1) is 15.2. The molecule has 1 heterocycles. The van der Waals surface area contributed by atoms with E-state index in [9.17, 15) is 0 Å². The lowest BCUT2D eigenvalue weighted by Crippen LogP contribution is -2.14. The summed E-state index contributed by atoms with van der Waals surface area (Å²) in [6.07, 6.45) is 0.805. The molecule has 0 radical (unpaired) electrons. The van der Waals surface area contributed by atoms with E-state index in [0.717, 1.165) is 27.0 Å². The van der Waals surface area contributed by atoms with Crippen LogP contribution in [0.3, 0.4) is 0 Å². The summed E-state index contributed by atoms with van der Waals surface area (Å²) in [7, 11) is 3.23. The second-order valence-corrected chi connectivity index (χ2v) is 5.70. The van der Waals surface area contributed by atoms with Crippen molar-refractivity contribution in [3.05, 3.63) is 32.7 Å². The molecule has 2 aromatic rings. The molecule has 0 aliphatic heterocycles.